The van der Waals surface area contributed by atoms with Gasteiger partial charge in [0.15, 0.2) is 0 Å². The number of nitrogens with two attached hydrogens (primary N) is 4. The number of amides is 9. The lowest BCUT2D eigenvalue weighted by molar-refractivity contribution is -0.142. The van der Waals surface area contributed by atoms with Gasteiger partial charge in [0.1, 0.15) is 42.3 Å². The van der Waals surface area contributed by atoms with Crippen LogP contribution in [0.15, 0.2) is 30.3 Å². The fraction of sp³-hybridized carbons (Fsp3) is 0.605. The molecule has 20 heteroatoms. The van der Waals surface area contributed by atoms with Crippen molar-refractivity contribution in [2.24, 2.45) is 34.8 Å². The number of carbonyl (C=O) groups excluding carboxylic acids is 9. The first kappa shape index (κ1) is 48.5. The van der Waals surface area contributed by atoms with Crippen molar-refractivity contribution in [3.8, 4) is 0 Å². The van der Waals surface area contributed by atoms with Gasteiger partial charge >= 0.3 is 0 Å². The summed E-state index contributed by atoms with van der Waals surface area (Å²) in [4.78, 5) is 118. The largest absolute Gasteiger partial charge is 0.394 e. The second kappa shape index (κ2) is 23.6. The van der Waals surface area contributed by atoms with Crippen LogP contribution in [0.25, 0.3) is 0 Å². The average molecular weight is 817 g/mol. The first-order chi connectivity index (χ1) is 27.2. The normalized spacial score (nSPS) is 16.9. The van der Waals surface area contributed by atoms with Crippen LogP contribution in [0.1, 0.15) is 78.2 Å². The van der Waals surface area contributed by atoms with E-state index in [-0.39, 0.29) is 56.9 Å². The third-order valence-corrected chi connectivity index (χ3v) is 9.33. The molecule has 1 fully saturated rings. The molecule has 20 nitrogen and oxygen atoms in total. The van der Waals surface area contributed by atoms with Crippen LogP contribution >= 0.6 is 0 Å². The number of primary amides is 3. The van der Waals surface area contributed by atoms with Gasteiger partial charge in [0, 0.05) is 19.4 Å². The Hall–Kier alpha value is -5.63. The van der Waals surface area contributed by atoms with Gasteiger partial charge in [0.25, 0.3) is 0 Å². The van der Waals surface area contributed by atoms with Gasteiger partial charge < -0.3 is 59.5 Å². The fourth-order valence-electron chi connectivity index (χ4n) is 6.40. The highest BCUT2D eigenvalue weighted by Crippen LogP contribution is 2.19. The summed E-state index contributed by atoms with van der Waals surface area (Å²) >= 11 is 0. The predicted molar refractivity (Wildman–Crippen MR) is 210 cm³/mol. The zero-order valence-electron chi connectivity index (χ0n) is 33.5. The highest BCUT2D eigenvalue weighted by Gasteiger charge is 2.39. The molecule has 0 aromatic heterocycles. The van der Waals surface area contributed by atoms with Gasteiger partial charge in [0.05, 0.1) is 13.0 Å². The summed E-state index contributed by atoms with van der Waals surface area (Å²) < 4.78 is 0. The van der Waals surface area contributed by atoms with Gasteiger partial charge in [-0.15, -0.1) is 0 Å². The van der Waals surface area contributed by atoms with Crippen molar-refractivity contribution in [3.63, 3.8) is 0 Å². The van der Waals surface area contributed by atoms with Crippen LogP contribution in [-0.2, 0) is 49.6 Å². The van der Waals surface area contributed by atoms with Gasteiger partial charge in [-0.1, -0.05) is 58.0 Å². The zero-order chi connectivity index (χ0) is 43.7. The van der Waals surface area contributed by atoms with Gasteiger partial charge in [0.2, 0.25) is 53.2 Å². The van der Waals surface area contributed by atoms with E-state index in [0.29, 0.717) is 12.0 Å². The number of carbonyl (C=O) groups is 9. The smallest absolute Gasteiger partial charge is 0.246 e. The minimum atomic E-state index is -1.54. The molecule has 1 aliphatic rings. The number of aliphatic hydroxyl groups excluding tert-OH is 1. The maximum Gasteiger partial charge on any atom is 0.246 e. The second-order valence-electron chi connectivity index (χ2n) is 15.3. The number of benzene rings is 1. The Morgan fingerprint density at radius 1 is 0.690 bits per heavy atom. The summed E-state index contributed by atoms with van der Waals surface area (Å²) in [6.07, 6.45) is -0.438. The summed E-state index contributed by atoms with van der Waals surface area (Å²) in [7, 11) is 0. The molecule has 7 atom stereocenters. The number of aliphatic hydroxyl groups is 1. The van der Waals surface area contributed by atoms with Gasteiger partial charge in [-0.2, -0.15) is 0 Å². The first-order valence-corrected chi connectivity index (χ1v) is 19.3. The van der Waals surface area contributed by atoms with Crippen LogP contribution in [0, 0.1) is 11.8 Å². The van der Waals surface area contributed by atoms with E-state index in [4.69, 9.17) is 22.9 Å². The number of nitrogens with one attached hydrogen (secondary N) is 5. The van der Waals surface area contributed by atoms with E-state index in [9.17, 15) is 48.3 Å². The van der Waals surface area contributed by atoms with Gasteiger partial charge in [-0.3, -0.25) is 43.2 Å². The molecule has 14 N–H and O–H groups in total. The fourth-order valence-corrected chi connectivity index (χ4v) is 6.40. The highest BCUT2D eigenvalue weighted by molar-refractivity contribution is 5.98. The van der Waals surface area contributed by atoms with Crippen molar-refractivity contribution in [1.82, 2.24) is 31.5 Å². The molecule has 0 spiro atoms. The van der Waals surface area contributed by atoms with Crippen LogP contribution in [0.4, 0.5) is 0 Å². The Labute approximate surface area is 337 Å². The van der Waals surface area contributed by atoms with E-state index < -0.39 is 108 Å². The molecule has 1 aromatic rings. The molecule has 1 aliphatic heterocycles. The van der Waals surface area contributed by atoms with Crippen LogP contribution in [0.2, 0.25) is 0 Å². The number of likely N-dealkylation sites (tertiary alicyclic amines) is 1. The quantitative estimate of drug-likeness (QED) is 0.0492. The van der Waals surface area contributed by atoms with Crippen molar-refractivity contribution in [1.29, 1.82) is 0 Å². The van der Waals surface area contributed by atoms with Gasteiger partial charge in [-0.25, -0.2) is 0 Å². The Bertz CT molecular complexity index is 1630. The van der Waals surface area contributed by atoms with Crippen LogP contribution in [0.3, 0.4) is 0 Å². The van der Waals surface area contributed by atoms with Crippen molar-refractivity contribution in [3.05, 3.63) is 35.9 Å². The maximum absolute atomic E-state index is 13.9. The van der Waals surface area contributed by atoms with E-state index in [0.717, 1.165) is 4.90 Å². The number of hydrogen-bond donors (Lipinski definition) is 10. The van der Waals surface area contributed by atoms with Crippen LogP contribution in [-0.4, -0.2) is 119 Å². The molecule has 0 unspecified atom stereocenters. The first-order valence-electron chi connectivity index (χ1n) is 19.3. The number of rotatable bonds is 24. The SMILES string of the molecule is CC(C)C[C@H](NC(=O)[C@H](CC(C)C)NC(=O)[C@H](Cc1ccccc1)NC(=O)[C@@H](N)CO)C(=O)N[C@@H](CCC(N)=O)C(=O)N[C@@H](CC(N)=O)C(=O)N1CCC[C@H]1C(N)=O. The zero-order valence-corrected chi connectivity index (χ0v) is 33.5. The van der Waals surface area contributed by atoms with Crippen molar-refractivity contribution in [2.45, 2.75) is 121 Å². The van der Waals surface area contributed by atoms with E-state index in [2.05, 4.69) is 26.6 Å². The summed E-state index contributed by atoms with van der Waals surface area (Å²) in [5.74, 6) is -7.74. The molecular weight excluding hydrogens is 756 g/mol. The molecule has 1 heterocycles. The van der Waals surface area contributed by atoms with E-state index in [1.165, 1.54) is 0 Å². The third kappa shape index (κ3) is 16.1. The minimum Gasteiger partial charge on any atom is -0.394 e. The number of nitrogens with zero attached hydrogens (tertiary/aromatic N) is 1. The molecular formula is C38H60N10O10. The summed E-state index contributed by atoms with van der Waals surface area (Å²) in [5.41, 5.74) is 22.6. The predicted octanol–water partition coefficient (Wildman–Crippen LogP) is -3.32. The molecule has 9 amide bonds. The second-order valence-corrected chi connectivity index (χ2v) is 15.3. The van der Waals surface area contributed by atoms with Crippen molar-refractivity contribution < 1.29 is 48.3 Å². The summed E-state index contributed by atoms with van der Waals surface area (Å²) in [6, 6.07) is -0.256. The van der Waals surface area contributed by atoms with Crippen molar-refractivity contribution >= 4 is 53.2 Å². The molecule has 0 bridgehead atoms. The monoisotopic (exact) mass is 816 g/mol. The lowest BCUT2D eigenvalue weighted by Gasteiger charge is -2.30. The lowest BCUT2D eigenvalue weighted by atomic mass is 9.98. The molecule has 58 heavy (non-hydrogen) atoms. The molecule has 1 aromatic carbocycles. The van der Waals surface area contributed by atoms with Crippen molar-refractivity contribution in [2.75, 3.05) is 13.2 Å². The van der Waals surface area contributed by atoms with E-state index >= 15 is 0 Å². The summed E-state index contributed by atoms with van der Waals surface area (Å²) in [5, 5.41) is 22.2. The van der Waals surface area contributed by atoms with Crippen LogP contribution in [0.5, 0.6) is 0 Å². The topological polar surface area (TPSA) is 341 Å². The Balaban J connectivity index is 2.36. The Morgan fingerprint density at radius 2 is 1.17 bits per heavy atom. The molecule has 0 saturated carbocycles. The minimum absolute atomic E-state index is 0.0232. The van der Waals surface area contributed by atoms with Crippen LogP contribution < -0.4 is 49.5 Å². The molecule has 0 aliphatic carbocycles. The molecule has 322 valence electrons. The van der Waals surface area contributed by atoms with Gasteiger partial charge in [-0.05, 0) is 49.5 Å². The standard InChI is InChI=1S/C38H60N10O10/c1-20(2)15-25(45-36(56)26(16-21(3)4)46-37(57)27(44-33(53)23(39)19-49)17-22-9-6-5-7-10-22)35(55)43-24(12-13-30(40)50)34(54)47-28(18-31(41)51)38(58)48-14-8-11-29(48)32(42)52/h5-7,9-10,20-21,23-29,49H,8,11-19,39H2,1-4H3,(H2,40,50)(H2,41,51)(H2,42,52)(H,43,55)(H,44,53)(H,45,56)(H,46,57)(H,47,54)/t23-,24-,25-,26-,27-,28-,29-/m0/s1. The third-order valence-electron chi connectivity index (χ3n) is 9.33. The average Bonchev–Trinajstić information content (AvgIpc) is 3.65. The highest BCUT2D eigenvalue weighted by atomic mass is 16.3. The molecule has 1 saturated heterocycles. The van der Waals surface area contributed by atoms with E-state index in [1.807, 2.05) is 13.8 Å². The molecule has 0 radical (unpaired) electrons. The summed E-state index contributed by atoms with van der Waals surface area (Å²) in [6.45, 7) is 6.64. The Kier molecular flexibility index (Phi) is 19.7. The molecule has 2 rings (SSSR count). The Morgan fingerprint density at radius 3 is 1.66 bits per heavy atom. The number of hydrogen-bond acceptors (Lipinski definition) is 11. The van der Waals surface area contributed by atoms with E-state index in [1.54, 1.807) is 44.2 Å². The lowest BCUT2D eigenvalue weighted by Crippen LogP contribution is -2.60. The maximum atomic E-state index is 13.9.